The largest absolute Gasteiger partial charge is 0.387 e. The van der Waals surface area contributed by atoms with E-state index in [2.05, 4.69) is 57.3 Å². The van der Waals surface area contributed by atoms with Crippen LogP contribution in [0.15, 0.2) is 29.2 Å². The molecule has 1 rings (SSSR count). The fraction of sp³-hybridized carbons (Fsp3) is 0.647. The van der Waals surface area contributed by atoms with Crippen molar-refractivity contribution in [3.8, 4) is 0 Å². The molecule has 0 aliphatic carbocycles. The molecule has 0 aliphatic rings. The van der Waals surface area contributed by atoms with Crippen molar-refractivity contribution >= 4 is 11.8 Å². The Balaban J connectivity index is 2.62. The number of benzene rings is 1. The molecular weight excluding hydrogens is 266 g/mol. The molecule has 3 heteroatoms. The Morgan fingerprint density at radius 2 is 1.80 bits per heavy atom. The van der Waals surface area contributed by atoms with Gasteiger partial charge in [-0.15, -0.1) is 11.8 Å². The first kappa shape index (κ1) is 17.5. The summed E-state index contributed by atoms with van der Waals surface area (Å²) in [5.41, 5.74) is 1.01. The first-order chi connectivity index (χ1) is 9.58. The molecule has 2 N–H and O–H groups in total. The Hall–Kier alpha value is -0.510. The molecule has 0 amide bonds. The monoisotopic (exact) mass is 295 g/mol. The van der Waals surface area contributed by atoms with E-state index >= 15 is 0 Å². The Morgan fingerprint density at radius 1 is 1.15 bits per heavy atom. The summed E-state index contributed by atoms with van der Waals surface area (Å²) < 4.78 is 0. The van der Waals surface area contributed by atoms with Crippen LogP contribution in [0, 0.1) is 0 Å². The van der Waals surface area contributed by atoms with Crippen molar-refractivity contribution < 1.29 is 5.11 Å². The molecule has 0 saturated heterocycles. The van der Waals surface area contributed by atoms with Gasteiger partial charge in [0.25, 0.3) is 0 Å². The van der Waals surface area contributed by atoms with Gasteiger partial charge < -0.3 is 10.4 Å². The van der Waals surface area contributed by atoms with Crippen molar-refractivity contribution in [3.63, 3.8) is 0 Å². The fourth-order valence-electron chi connectivity index (χ4n) is 2.19. The predicted octanol–water partition coefficient (Wildman–Crippen LogP) is 4.39. The maximum Gasteiger partial charge on any atom is 0.0942 e. The van der Waals surface area contributed by atoms with Crippen molar-refractivity contribution in [3.05, 3.63) is 29.8 Å². The van der Waals surface area contributed by atoms with E-state index in [0.717, 1.165) is 24.9 Å². The zero-order valence-electron chi connectivity index (χ0n) is 13.2. The highest BCUT2D eigenvalue weighted by Crippen LogP contribution is 2.26. The van der Waals surface area contributed by atoms with Gasteiger partial charge in [-0.05, 0) is 37.1 Å². The molecule has 2 unspecified atom stereocenters. The van der Waals surface area contributed by atoms with Gasteiger partial charge in [-0.1, -0.05) is 46.2 Å². The minimum Gasteiger partial charge on any atom is -0.387 e. The first-order valence-corrected chi connectivity index (χ1v) is 8.64. The highest BCUT2D eigenvalue weighted by molar-refractivity contribution is 7.99. The quantitative estimate of drug-likeness (QED) is 0.523. The third-order valence-electron chi connectivity index (χ3n) is 3.35. The van der Waals surface area contributed by atoms with E-state index in [-0.39, 0.29) is 6.04 Å². The maximum atomic E-state index is 10.5. The SMILES string of the molecule is CCCCNC(CC)C(O)c1ccc(SC(C)C)cc1. The Kier molecular flexibility index (Phi) is 8.27. The topological polar surface area (TPSA) is 32.3 Å². The highest BCUT2D eigenvalue weighted by Gasteiger charge is 2.18. The number of hydrogen-bond acceptors (Lipinski definition) is 3. The summed E-state index contributed by atoms with van der Waals surface area (Å²) in [6.45, 7) is 9.67. The van der Waals surface area contributed by atoms with Crippen molar-refractivity contribution in [2.24, 2.45) is 0 Å². The minimum atomic E-state index is -0.421. The maximum absolute atomic E-state index is 10.5. The van der Waals surface area contributed by atoms with E-state index < -0.39 is 6.10 Å². The molecule has 2 nitrogen and oxygen atoms in total. The summed E-state index contributed by atoms with van der Waals surface area (Å²) in [7, 11) is 0. The van der Waals surface area contributed by atoms with Gasteiger partial charge in [0.05, 0.1) is 6.10 Å². The molecule has 0 bridgehead atoms. The van der Waals surface area contributed by atoms with Crippen LogP contribution >= 0.6 is 11.8 Å². The fourth-order valence-corrected chi connectivity index (χ4v) is 3.03. The second-order valence-corrected chi connectivity index (χ2v) is 7.15. The molecule has 114 valence electrons. The summed E-state index contributed by atoms with van der Waals surface area (Å²) >= 11 is 1.85. The molecule has 2 atom stereocenters. The van der Waals surface area contributed by atoms with Crippen LogP contribution in [-0.2, 0) is 0 Å². The van der Waals surface area contributed by atoms with Gasteiger partial charge in [0.15, 0.2) is 0 Å². The Morgan fingerprint density at radius 3 is 2.30 bits per heavy atom. The van der Waals surface area contributed by atoms with E-state index in [1.54, 1.807) is 0 Å². The van der Waals surface area contributed by atoms with Gasteiger partial charge in [-0.2, -0.15) is 0 Å². The van der Waals surface area contributed by atoms with Crippen LogP contribution in [0.5, 0.6) is 0 Å². The standard InChI is InChI=1S/C17H29NOS/c1-5-7-12-18-16(6-2)17(19)14-8-10-15(11-9-14)20-13(3)4/h8-11,13,16-19H,5-7,12H2,1-4H3. The zero-order valence-corrected chi connectivity index (χ0v) is 14.0. The molecular formula is C17H29NOS. The molecule has 0 fully saturated rings. The number of thioether (sulfide) groups is 1. The van der Waals surface area contributed by atoms with Crippen molar-refractivity contribution in [2.75, 3.05) is 6.54 Å². The molecule has 0 heterocycles. The van der Waals surface area contributed by atoms with Crippen molar-refractivity contribution in [1.82, 2.24) is 5.32 Å². The van der Waals surface area contributed by atoms with Gasteiger partial charge >= 0.3 is 0 Å². The average Bonchev–Trinajstić information content (AvgIpc) is 2.43. The Labute approximate surface area is 128 Å². The summed E-state index contributed by atoms with van der Waals surface area (Å²) in [4.78, 5) is 1.27. The molecule has 1 aromatic rings. The van der Waals surface area contributed by atoms with E-state index in [4.69, 9.17) is 0 Å². The van der Waals surface area contributed by atoms with Crippen LogP contribution < -0.4 is 5.32 Å². The second-order valence-electron chi connectivity index (χ2n) is 5.50. The molecule has 0 aromatic heterocycles. The molecule has 0 radical (unpaired) electrons. The summed E-state index contributed by atoms with van der Waals surface area (Å²) in [5, 5.41) is 14.5. The average molecular weight is 295 g/mol. The van der Waals surface area contributed by atoms with Gasteiger partial charge in [-0.25, -0.2) is 0 Å². The summed E-state index contributed by atoms with van der Waals surface area (Å²) in [5.74, 6) is 0. The van der Waals surface area contributed by atoms with Crippen molar-refractivity contribution in [1.29, 1.82) is 0 Å². The molecule has 1 aromatic carbocycles. The number of hydrogen-bond donors (Lipinski definition) is 2. The normalized spacial score (nSPS) is 14.5. The number of rotatable bonds is 9. The number of nitrogens with one attached hydrogen (secondary N) is 1. The van der Waals surface area contributed by atoms with Crippen LogP contribution in [0.4, 0.5) is 0 Å². The lowest BCUT2D eigenvalue weighted by atomic mass is 10.0. The van der Waals surface area contributed by atoms with Crippen LogP contribution in [0.1, 0.15) is 58.6 Å². The van der Waals surface area contributed by atoms with Crippen LogP contribution in [-0.4, -0.2) is 22.9 Å². The first-order valence-electron chi connectivity index (χ1n) is 7.76. The number of unbranched alkanes of at least 4 members (excludes halogenated alkanes) is 1. The molecule has 20 heavy (non-hydrogen) atoms. The van der Waals surface area contributed by atoms with Gasteiger partial charge in [0.2, 0.25) is 0 Å². The van der Waals surface area contributed by atoms with Gasteiger partial charge in [-0.3, -0.25) is 0 Å². The lowest BCUT2D eigenvalue weighted by Crippen LogP contribution is -2.35. The van der Waals surface area contributed by atoms with E-state index in [1.165, 1.54) is 11.3 Å². The summed E-state index contributed by atoms with van der Waals surface area (Å²) in [6, 6.07) is 8.48. The Bertz CT molecular complexity index is 364. The highest BCUT2D eigenvalue weighted by atomic mass is 32.2. The molecule has 0 spiro atoms. The molecule has 0 saturated carbocycles. The zero-order chi connectivity index (χ0) is 15.0. The minimum absolute atomic E-state index is 0.144. The van der Waals surface area contributed by atoms with Crippen LogP contribution in [0.25, 0.3) is 0 Å². The van der Waals surface area contributed by atoms with E-state index in [1.807, 2.05) is 11.8 Å². The second kappa shape index (κ2) is 9.43. The lowest BCUT2D eigenvalue weighted by molar-refractivity contribution is 0.126. The smallest absolute Gasteiger partial charge is 0.0942 e. The number of aliphatic hydroxyl groups excluding tert-OH is 1. The summed E-state index contributed by atoms with van der Waals surface area (Å²) in [6.07, 6.45) is 2.86. The van der Waals surface area contributed by atoms with E-state index in [9.17, 15) is 5.11 Å². The third-order valence-corrected chi connectivity index (χ3v) is 4.37. The predicted molar refractivity (Wildman–Crippen MR) is 89.4 cm³/mol. The van der Waals surface area contributed by atoms with Gasteiger partial charge in [0.1, 0.15) is 0 Å². The number of aliphatic hydroxyl groups is 1. The van der Waals surface area contributed by atoms with Gasteiger partial charge in [0, 0.05) is 16.2 Å². The van der Waals surface area contributed by atoms with Crippen LogP contribution in [0.3, 0.4) is 0 Å². The van der Waals surface area contributed by atoms with Crippen molar-refractivity contribution in [2.45, 2.75) is 69.2 Å². The van der Waals surface area contributed by atoms with Crippen LogP contribution in [0.2, 0.25) is 0 Å². The third kappa shape index (κ3) is 5.86. The lowest BCUT2D eigenvalue weighted by Gasteiger charge is -2.23. The molecule has 0 aliphatic heterocycles. The van der Waals surface area contributed by atoms with E-state index in [0.29, 0.717) is 5.25 Å².